The number of benzene rings is 2. The fraction of sp³-hybridized carbons (Fsp3) is 0.222. The molecule has 0 saturated heterocycles. The summed E-state index contributed by atoms with van der Waals surface area (Å²) in [7, 11) is 2.91. The maximum absolute atomic E-state index is 11.7. The van der Waals surface area contributed by atoms with Crippen molar-refractivity contribution in [3.63, 3.8) is 0 Å². The number of Topliss-reactive ketones (excluding diaryl/α,β-unsaturated/α-hetero) is 1. The molecule has 0 saturated carbocycles. The number of hydrogen-bond donors (Lipinski definition) is 0. The largest absolute Gasteiger partial charge is 0.496 e. The van der Waals surface area contributed by atoms with Gasteiger partial charge in [-0.3, -0.25) is 9.59 Å². The van der Waals surface area contributed by atoms with E-state index in [9.17, 15) is 9.59 Å². The molecule has 2 rings (SSSR count). The number of ketones is 1. The topological polar surface area (TPSA) is 52.6 Å². The van der Waals surface area contributed by atoms with Crippen LogP contribution in [0, 0.1) is 0 Å². The standard InChI is InChI=1S/C18H18O4/c1-12(19)16-11-15(7-8-17(16)21-2)14-6-4-5-13(9-14)10-18(20)22-3/h4-9,11H,10H2,1-3H3. The van der Waals surface area contributed by atoms with Gasteiger partial charge in [-0.15, -0.1) is 0 Å². The molecule has 0 aliphatic carbocycles. The highest BCUT2D eigenvalue weighted by atomic mass is 16.5. The first-order valence-corrected chi connectivity index (χ1v) is 6.90. The Morgan fingerprint density at radius 1 is 1.00 bits per heavy atom. The number of methoxy groups -OCH3 is 2. The van der Waals surface area contributed by atoms with Crippen molar-refractivity contribution in [3.05, 3.63) is 53.6 Å². The van der Waals surface area contributed by atoms with Crippen molar-refractivity contribution >= 4 is 11.8 Å². The maximum atomic E-state index is 11.7. The van der Waals surface area contributed by atoms with E-state index in [0.717, 1.165) is 16.7 Å². The Kier molecular flexibility index (Phi) is 4.94. The van der Waals surface area contributed by atoms with E-state index in [0.29, 0.717) is 11.3 Å². The first kappa shape index (κ1) is 15.8. The summed E-state index contributed by atoms with van der Waals surface area (Å²) in [5.74, 6) is 0.225. The Bertz CT molecular complexity index is 704. The number of ether oxygens (including phenoxy) is 2. The fourth-order valence-electron chi connectivity index (χ4n) is 2.26. The highest BCUT2D eigenvalue weighted by molar-refractivity contribution is 5.98. The Labute approximate surface area is 129 Å². The second kappa shape index (κ2) is 6.89. The fourth-order valence-corrected chi connectivity index (χ4v) is 2.26. The first-order chi connectivity index (χ1) is 10.5. The third-order valence-electron chi connectivity index (χ3n) is 3.42. The Hall–Kier alpha value is -2.62. The van der Waals surface area contributed by atoms with Gasteiger partial charge in [0.15, 0.2) is 5.78 Å². The predicted molar refractivity (Wildman–Crippen MR) is 84.2 cm³/mol. The van der Waals surface area contributed by atoms with Crippen LogP contribution in [-0.4, -0.2) is 26.0 Å². The predicted octanol–water partition coefficient (Wildman–Crippen LogP) is 3.28. The van der Waals surface area contributed by atoms with Gasteiger partial charge in [0, 0.05) is 0 Å². The Morgan fingerprint density at radius 3 is 2.36 bits per heavy atom. The summed E-state index contributed by atoms with van der Waals surface area (Å²) in [5.41, 5.74) is 3.24. The molecule has 2 aromatic carbocycles. The Balaban J connectivity index is 2.39. The zero-order chi connectivity index (χ0) is 16.1. The minimum atomic E-state index is -0.281. The van der Waals surface area contributed by atoms with E-state index in [4.69, 9.17) is 4.74 Å². The van der Waals surface area contributed by atoms with Gasteiger partial charge in [0.1, 0.15) is 5.75 Å². The normalized spacial score (nSPS) is 10.1. The third-order valence-corrected chi connectivity index (χ3v) is 3.42. The van der Waals surface area contributed by atoms with Crippen LogP contribution in [0.15, 0.2) is 42.5 Å². The van der Waals surface area contributed by atoms with Gasteiger partial charge >= 0.3 is 5.97 Å². The molecule has 0 heterocycles. The number of hydrogen-bond acceptors (Lipinski definition) is 4. The molecule has 0 N–H and O–H groups in total. The minimum Gasteiger partial charge on any atom is -0.496 e. The SMILES string of the molecule is COC(=O)Cc1cccc(-c2ccc(OC)c(C(C)=O)c2)c1. The van der Waals surface area contributed by atoms with Crippen LogP contribution >= 0.6 is 0 Å². The van der Waals surface area contributed by atoms with Gasteiger partial charge in [-0.2, -0.15) is 0 Å². The summed E-state index contributed by atoms with van der Waals surface area (Å²) < 4.78 is 9.89. The second-order valence-electron chi connectivity index (χ2n) is 4.92. The van der Waals surface area contributed by atoms with E-state index in [1.165, 1.54) is 14.0 Å². The molecule has 0 fully saturated rings. The van der Waals surface area contributed by atoms with E-state index in [1.54, 1.807) is 19.2 Å². The quantitative estimate of drug-likeness (QED) is 0.628. The van der Waals surface area contributed by atoms with Crippen molar-refractivity contribution < 1.29 is 19.1 Å². The molecule has 0 amide bonds. The lowest BCUT2D eigenvalue weighted by Gasteiger charge is -2.10. The molecule has 0 aliphatic heterocycles. The van der Waals surface area contributed by atoms with Crippen molar-refractivity contribution in [1.82, 2.24) is 0 Å². The number of esters is 1. The molecule has 0 atom stereocenters. The van der Waals surface area contributed by atoms with Crippen LogP contribution in [-0.2, 0) is 16.0 Å². The van der Waals surface area contributed by atoms with Crippen LogP contribution < -0.4 is 4.74 Å². The summed E-state index contributed by atoms with van der Waals surface area (Å²) in [4.78, 5) is 23.1. The van der Waals surface area contributed by atoms with Gasteiger partial charge in [-0.25, -0.2) is 0 Å². The third kappa shape index (κ3) is 3.52. The molecule has 2 aromatic rings. The zero-order valence-electron chi connectivity index (χ0n) is 12.9. The van der Waals surface area contributed by atoms with Crippen molar-refractivity contribution in [2.45, 2.75) is 13.3 Å². The molecule has 114 valence electrons. The van der Waals surface area contributed by atoms with E-state index in [2.05, 4.69) is 4.74 Å². The molecular weight excluding hydrogens is 280 g/mol. The smallest absolute Gasteiger partial charge is 0.309 e. The highest BCUT2D eigenvalue weighted by Gasteiger charge is 2.11. The summed E-state index contributed by atoms with van der Waals surface area (Å²) in [5, 5.41) is 0. The van der Waals surface area contributed by atoms with Gasteiger partial charge in [0.05, 0.1) is 26.2 Å². The minimum absolute atomic E-state index is 0.0515. The first-order valence-electron chi connectivity index (χ1n) is 6.90. The maximum Gasteiger partial charge on any atom is 0.309 e. The van der Waals surface area contributed by atoms with E-state index < -0.39 is 0 Å². The van der Waals surface area contributed by atoms with E-state index >= 15 is 0 Å². The summed E-state index contributed by atoms with van der Waals surface area (Å²) in [6, 6.07) is 13.1. The van der Waals surface area contributed by atoms with Crippen LogP contribution in [0.1, 0.15) is 22.8 Å². The van der Waals surface area contributed by atoms with Crippen molar-refractivity contribution in [2.24, 2.45) is 0 Å². The molecule has 0 aromatic heterocycles. The molecule has 0 spiro atoms. The Morgan fingerprint density at radius 2 is 1.73 bits per heavy atom. The van der Waals surface area contributed by atoms with Crippen LogP contribution in [0.4, 0.5) is 0 Å². The molecule has 4 heteroatoms. The number of rotatable bonds is 5. The molecule has 0 bridgehead atoms. The van der Waals surface area contributed by atoms with E-state index in [-0.39, 0.29) is 18.2 Å². The average molecular weight is 298 g/mol. The summed E-state index contributed by atoms with van der Waals surface area (Å²) >= 11 is 0. The molecule has 4 nitrogen and oxygen atoms in total. The van der Waals surface area contributed by atoms with Gasteiger partial charge in [0.25, 0.3) is 0 Å². The zero-order valence-corrected chi connectivity index (χ0v) is 12.9. The summed E-state index contributed by atoms with van der Waals surface area (Å²) in [6.45, 7) is 1.51. The second-order valence-corrected chi connectivity index (χ2v) is 4.92. The lowest BCUT2D eigenvalue weighted by atomic mass is 9.98. The summed E-state index contributed by atoms with van der Waals surface area (Å²) in [6.07, 6.45) is 0.222. The molecule has 0 radical (unpaired) electrons. The molecule has 22 heavy (non-hydrogen) atoms. The molecule has 0 aliphatic rings. The van der Waals surface area contributed by atoms with Gasteiger partial charge in [-0.1, -0.05) is 30.3 Å². The number of carbonyl (C=O) groups is 2. The highest BCUT2D eigenvalue weighted by Crippen LogP contribution is 2.27. The monoisotopic (exact) mass is 298 g/mol. The molecular formula is C18H18O4. The van der Waals surface area contributed by atoms with Crippen LogP contribution in [0.5, 0.6) is 5.75 Å². The molecule has 0 unspecified atom stereocenters. The van der Waals surface area contributed by atoms with Crippen molar-refractivity contribution in [3.8, 4) is 16.9 Å². The van der Waals surface area contributed by atoms with Gasteiger partial charge in [-0.05, 0) is 35.7 Å². The lowest BCUT2D eigenvalue weighted by Crippen LogP contribution is -2.04. The van der Waals surface area contributed by atoms with Crippen LogP contribution in [0.25, 0.3) is 11.1 Å². The van der Waals surface area contributed by atoms with Crippen molar-refractivity contribution in [2.75, 3.05) is 14.2 Å². The number of carbonyl (C=O) groups excluding carboxylic acids is 2. The average Bonchev–Trinajstić information content (AvgIpc) is 2.54. The van der Waals surface area contributed by atoms with Crippen LogP contribution in [0.2, 0.25) is 0 Å². The van der Waals surface area contributed by atoms with E-state index in [1.807, 2.05) is 30.3 Å². The van der Waals surface area contributed by atoms with Gasteiger partial charge < -0.3 is 9.47 Å². The lowest BCUT2D eigenvalue weighted by molar-refractivity contribution is -0.139. The van der Waals surface area contributed by atoms with Gasteiger partial charge in [0.2, 0.25) is 0 Å². The van der Waals surface area contributed by atoms with Crippen LogP contribution in [0.3, 0.4) is 0 Å². The van der Waals surface area contributed by atoms with Crippen molar-refractivity contribution in [1.29, 1.82) is 0 Å².